The maximum Gasteiger partial charge on any atom is 0.126 e. The van der Waals surface area contributed by atoms with Crippen LogP contribution in [0.1, 0.15) is 52.9 Å². The monoisotopic (exact) mass is 299 g/mol. The topological polar surface area (TPSA) is 92.8 Å². The minimum Gasteiger partial charge on any atom is -0.393 e. The molecule has 7 unspecified atom stereocenters. The smallest absolute Gasteiger partial charge is 0.126 e. The van der Waals surface area contributed by atoms with Crippen LogP contribution in [-0.2, 0) is 9.53 Å². The third-order valence-corrected chi connectivity index (χ3v) is 5.94. The van der Waals surface area contributed by atoms with Gasteiger partial charge in [-0.05, 0) is 33.1 Å². The van der Waals surface area contributed by atoms with Crippen LogP contribution < -0.4 is 5.73 Å². The molecule has 0 bridgehead atoms. The Morgan fingerprint density at radius 3 is 2.52 bits per heavy atom. The average molecular weight is 299 g/mol. The van der Waals surface area contributed by atoms with E-state index in [1.807, 2.05) is 20.8 Å². The van der Waals surface area contributed by atoms with E-state index in [0.717, 1.165) is 25.5 Å². The van der Waals surface area contributed by atoms with Crippen LogP contribution in [0.5, 0.6) is 0 Å². The number of rotatable bonds is 5. The first-order valence-corrected chi connectivity index (χ1v) is 8.11. The highest BCUT2D eigenvalue weighted by Crippen LogP contribution is 2.50. The van der Waals surface area contributed by atoms with Crippen molar-refractivity contribution in [1.82, 2.24) is 0 Å². The van der Waals surface area contributed by atoms with Gasteiger partial charge in [-0.25, -0.2) is 0 Å². The average Bonchev–Trinajstić information content (AvgIpc) is 2.47. The number of hydrogen-bond donors (Lipinski definition) is 3. The summed E-state index contributed by atoms with van der Waals surface area (Å²) in [5.74, 6) is -0.590. The number of aliphatic hydroxyl groups is 2. The van der Waals surface area contributed by atoms with Gasteiger partial charge < -0.3 is 25.5 Å². The largest absolute Gasteiger partial charge is 0.393 e. The van der Waals surface area contributed by atoms with Crippen molar-refractivity contribution in [2.24, 2.45) is 17.6 Å². The van der Waals surface area contributed by atoms with Gasteiger partial charge in [-0.3, -0.25) is 0 Å². The Morgan fingerprint density at radius 2 is 2.05 bits per heavy atom. The van der Waals surface area contributed by atoms with Crippen LogP contribution in [0.4, 0.5) is 0 Å². The Morgan fingerprint density at radius 1 is 1.43 bits per heavy atom. The van der Waals surface area contributed by atoms with E-state index in [1.165, 1.54) is 0 Å². The summed E-state index contributed by atoms with van der Waals surface area (Å²) < 4.78 is 5.84. The van der Waals surface area contributed by atoms with Gasteiger partial charge in [0.2, 0.25) is 0 Å². The van der Waals surface area contributed by atoms with Crippen LogP contribution in [-0.4, -0.2) is 46.0 Å². The van der Waals surface area contributed by atoms with Crippen LogP contribution in [0.25, 0.3) is 0 Å². The highest BCUT2D eigenvalue weighted by atomic mass is 16.5. The van der Waals surface area contributed by atoms with Crippen LogP contribution >= 0.6 is 0 Å². The third kappa shape index (κ3) is 2.34. The minimum atomic E-state index is -1.00. The molecule has 0 aromatic heterocycles. The van der Waals surface area contributed by atoms with E-state index < -0.39 is 23.3 Å². The van der Waals surface area contributed by atoms with E-state index in [2.05, 4.69) is 0 Å². The summed E-state index contributed by atoms with van der Waals surface area (Å²) in [4.78, 5) is 11.4. The summed E-state index contributed by atoms with van der Waals surface area (Å²) in [7, 11) is 0. The highest BCUT2D eigenvalue weighted by molar-refractivity contribution is 5.57. The first kappa shape index (κ1) is 16.9. The number of aliphatic hydroxyl groups excluding tert-OH is 2. The van der Waals surface area contributed by atoms with Crippen molar-refractivity contribution in [2.45, 2.75) is 82.3 Å². The van der Waals surface area contributed by atoms with E-state index in [1.54, 1.807) is 0 Å². The number of ether oxygens (including phenoxy) is 1. The minimum absolute atomic E-state index is 0.237. The molecule has 2 fully saturated rings. The number of nitrogens with two attached hydrogens (primary N) is 1. The summed E-state index contributed by atoms with van der Waals surface area (Å²) >= 11 is 0. The molecule has 5 heteroatoms. The van der Waals surface area contributed by atoms with E-state index in [-0.39, 0.29) is 17.9 Å². The molecular formula is C16H29NO4. The molecule has 1 heterocycles. The maximum atomic E-state index is 11.4. The molecule has 0 amide bonds. The Hall–Kier alpha value is -0.490. The molecule has 1 aliphatic heterocycles. The van der Waals surface area contributed by atoms with Gasteiger partial charge in [0.15, 0.2) is 0 Å². The van der Waals surface area contributed by atoms with Crippen molar-refractivity contribution in [2.75, 3.05) is 0 Å². The molecule has 7 atom stereocenters. The Kier molecular flexibility index (Phi) is 4.78. The lowest BCUT2D eigenvalue weighted by atomic mass is 9.58. The molecule has 21 heavy (non-hydrogen) atoms. The molecule has 1 aliphatic carbocycles. The van der Waals surface area contributed by atoms with Crippen LogP contribution in [0, 0.1) is 11.8 Å². The first-order chi connectivity index (χ1) is 9.82. The second kappa shape index (κ2) is 5.95. The molecule has 5 nitrogen and oxygen atoms in total. The van der Waals surface area contributed by atoms with Crippen LogP contribution in [0.15, 0.2) is 0 Å². The molecule has 122 valence electrons. The zero-order chi connectivity index (χ0) is 15.8. The van der Waals surface area contributed by atoms with Crippen molar-refractivity contribution in [1.29, 1.82) is 0 Å². The van der Waals surface area contributed by atoms with Crippen LogP contribution in [0.3, 0.4) is 0 Å². The lowest BCUT2D eigenvalue weighted by Gasteiger charge is -2.64. The predicted molar refractivity (Wildman–Crippen MR) is 79.7 cm³/mol. The van der Waals surface area contributed by atoms with E-state index in [9.17, 15) is 15.0 Å². The third-order valence-electron chi connectivity index (χ3n) is 5.94. The van der Waals surface area contributed by atoms with Crippen molar-refractivity contribution >= 4 is 6.29 Å². The zero-order valence-electron chi connectivity index (χ0n) is 13.3. The molecule has 0 spiro atoms. The van der Waals surface area contributed by atoms with Gasteiger partial charge in [-0.15, -0.1) is 0 Å². The second-order valence-electron chi connectivity index (χ2n) is 6.91. The van der Waals surface area contributed by atoms with Gasteiger partial charge in [-0.1, -0.05) is 19.8 Å². The molecule has 0 aromatic rings. The number of carbonyl (C=O) groups is 1. The number of hydrogen-bond acceptors (Lipinski definition) is 5. The Labute approximate surface area is 126 Å². The molecule has 1 saturated carbocycles. The number of aldehydes is 1. The molecular weight excluding hydrogens is 270 g/mol. The van der Waals surface area contributed by atoms with Crippen molar-refractivity contribution < 1.29 is 19.7 Å². The second-order valence-corrected chi connectivity index (χ2v) is 6.91. The van der Waals surface area contributed by atoms with E-state index in [4.69, 9.17) is 10.5 Å². The molecule has 2 aliphatic rings. The van der Waals surface area contributed by atoms with Crippen molar-refractivity contribution in [3.63, 3.8) is 0 Å². The van der Waals surface area contributed by atoms with Gasteiger partial charge in [-0.2, -0.15) is 0 Å². The summed E-state index contributed by atoms with van der Waals surface area (Å²) in [5, 5.41) is 21.1. The number of carbonyl (C=O) groups excluding carboxylic acids is 1. The molecule has 0 aromatic carbocycles. The first-order valence-electron chi connectivity index (χ1n) is 8.11. The summed E-state index contributed by atoms with van der Waals surface area (Å²) in [6.07, 6.45) is 3.21. The van der Waals surface area contributed by atoms with Gasteiger partial charge in [0.05, 0.1) is 29.5 Å². The summed E-state index contributed by atoms with van der Waals surface area (Å²) in [6, 6.07) is 0. The molecule has 2 rings (SSSR count). The van der Waals surface area contributed by atoms with Gasteiger partial charge >= 0.3 is 0 Å². The lowest BCUT2D eigenvalue weighted by Crippen LogP contribution is -2.85. The van der Waals surface area contributed by atoms with Gasteiger partial charge in [0.25, 0.3) is 0 Å². The van der Waals surface area contributed by atoms with Crippen molar-refractivity contribution in [3.05, 3.63) is 0 Å². The highest BCUT2D eigenvalue weighted by Gasteiger charge is 2.68. The standard InChI is InChI=1S/C16H29NO4/c1-4-11(9-18)15(3)16(17,10(2)21-15)14(20)12-7-5-6-8-13(12)19/h9-14,19-20H,4-8,17H2,1-3H3. The van der Waals surface area contributed by atoms with Crippen molar-refractivity contribution in [3.8, 4) is 0 Å². The zero-order valence-corrected chi connectivity index (χ0v) is 13.3. The lowest BCUT2D eigenvalue weighted by molar-refractivity contribution is -0.310. The Bertz CT molecular complexity index is 390. The fourth-order valence-corrected chi connectivity index (χ4v) is 4.33. The molecule has 1 saturated heterocycles. The summed E-state index contributed by atoms with van der Waals surface area (Å²) in [5.41, 5.74) is 4.69. The normalized spacial score (nSPS) is 46.5. The Balaban J connectivity index is 2.27. The SMILES string of the molecule is CCC(C=O)C1(C)OC(C)C1(N)C(O)C1CCCCC1O. The van der Waals surface area contributed by atoms with Crippen LogP contribution in [0.2, 0.25) is 0 Å². The van der Waals surface area contributed by atoms with Gasteiger partial charge in [0.1, 0.15) is 6.29 Å². The molecule has 4 N–H and O–H groups in total. The maximum absolute atomic E-state index is 11.4. The predicted octanol–water partition coefficient (Wildman–Crippen LogP) is 0.998. The summed E-state index contributed by atoms with van der Waals surface area (Å²) in [6.45, 7) is 5.56. The fourth-order valence-electron chi connectivity index (χ4n) is 4.33. The van der Waals surface area contributed by atoms with Gasteiger partial charge in [0, 0.05) is 11.8 Å². The quantitative estimate of drug-likeness (QED) is 0.659. The molecule has 0 radical (unpaired) electrons. The van der Waals surface area contributed by atoms with E-state index in [0.29, 0.717) is 12.8 Å². The fraction of sp³-hybridized carbons (Fsp3) is 0.938. The van der Waals surface area contributed by atoms with E-state index >= 15 is 0 Å².